The Hall–Kier alpha value is -3.22. The molecule has 3 saturated heterocycles. The summed E-state index contributed by atoms with van der Waals surface area (Å²) in [5, 5.41) is 15.4. The number of rotatable bonds is 13. The molecule has 3 rings (SSSR count). The van der Waals surface area contributed by atoms with Gasteiger partial charge in [0.25, 0.3) is 0 Å². The number of carbonyl (C=O) groups is 6. The van der Waals surface area contributed by atoms with E-state index < -0.39 is 59.9 Å². The zero-order valence-electron chi connectivity index (χ0n) is 27.8. The van der Waals surface area contributed by atoms with Gasteiger partial charge in [-0.1, -0.05) is 41.5 Å². The lowest BCUT2D eigenvalue weighted by Crippen LogP contribution is -2.59. The minimum Gasteiger partial charge on any atom is -0.480 e. The van der Waals surface area contributed by atoms with Crippen molar-refractivity contribution in [2.75, 3.05) is 19.6 Å². The molecule has 0 aromatic carbocycles. The summed E-state index contributed by atoms with van der Waals surface area (Å²) in [7, 11) is 0. The van der Waals surface area contributed by atoms with Crippen molar-refractivity contribution >= 4 is 35.5 Å². The molecule has 6 atom stereocenters. The summed E-state index contributed by atoms with van der Waals surface area (Å²) < 4.78 is 0. The molecule has 0 spiro atoms. The van der Waals surface area contributed by atoms with Gasteiger partial charge in [0, 0.05) is 19.6 Å². The van der Waals surface area contributed by atoms with Crippen LogP contribution in [0.15, 0.2) is 0 Å². The van der Waals surface area contributed by atoms with E-state index in [0.29, 0.717) is 71.0 Å². The van der Waals surface area contributed by atoms with Crippen LogP contribution in [0.1, 0.15) is 92.9 Å². The average Bonchev–Trinajstić information content (AvgIpc) is 3.75. The molecule has 3 aliphatic rings. The molecule has 5 amide bonds. The van der Waals surface area contributed by atoms with Gasteiger partial charge in [-0.2, -0.15) is 0 Å². The van der Waals surface area contributed by atoms with Gasteiger partial charge < -0.3 is 36.2 Å². The number of nitrogens with one attached hydrogen (secondary N) is 2. The number of hydrogen-bond donors (Lipinski definition) is 4. The average molecular weight is 635 g/mol. The standard InChI is InChI=1S/C32H54N6O7/c1-18(2)16-21(34-28(40)24-11-8-14-37(24)31(43)26(33)20(5)6)29(41)36-13-7-10-23(36)27(39)35-22(17-19(3)4)30(42)38-15-9-12-25(38)32(44)45/h18-26H,7-17,33H2,1-6H3,(H,34,40)(H,35,39)(H,44,45)/t21-,22-,23-,24-,25-,26-/m0/s1. The third kappa shape index (κ3) is 8.95. The lowest BCUT2D eigenvalue weighted by Gasteiger charge is -2.33. The van der Waals surface area contributed by atoms with Gasteiger partial charge in [0.1, 0.15) is 30.2 Å². The topological polar surface area (TPSA) is 182 Å². The van der Waals surface area contributed by atoms with Gasteiger partial charge in [-0.25, -0.2) is 4.79 Å². The highest BCUT2D eigenvalue weighted by Crippen LogP contribution is 2.25. The predicted molar refractivity (Wildman–Crippen MR) is 167 cm³/mol. The van der Waals surface area contributed by atoms with Crippen molar-refractivity contribution in [3.8, 4) is 0 Å². The Morgan fingerprint density at radius 1 is 0.644 bits per heavy atom. The number of hydrogen-bond acceptors (Lipinski definition) is 7. The third-order valence-electron chi connectivity index (χ3n) is 9.14. The van der Waals surface area contributed by atoms with E-state index in [1.54, 1.807) is 0 Å². The van der Waals surface area contributed by atoms with Crippen LogP contribution in [0.4, 0.5) is 0 Å². The highest BCUT2D eigenvalue weighted by molar-refractivity contribution is 5.97. The van der Waals surface area contributed by atoms with E-state index in [2.05, 4.69) is 10.6 Å². The minimum absolute atomic E-state index is 0.0502. The van der Waals surface area contributed by atoms with Crippen molar-refractivity contribution in [2.24, 2.45) is 23.5 Å². The van der Waals surface area contributed by atoms with E-state index >= 15 is 0 Å². The van der Waals surface area contributed by atoms with Gasteiger partial charge in [-0.15, -0.1) is 0 Å². The zero-order valence-corrected chi connectivity index (χ0v) is 27.8. The number of nitrogens with two attached hydrogens (primary N) is 1. The molecule has 0 aromatic heterocycles. The maximum Gasteiger partial charge on any atom is 0.326 e. The Morgan fingerprint density at radius 3 is 1.36 bits per heavy atom. The molecular formula is C32H54N6O7. The van der Waals surface area contributed by atoms with Crippen LogP contribution in [0.2, 0.25) is 0 Å². The van der Waals surface area contributed by atoms with Gasteiger partial charge in [0.2, 0.25) is 29.5 Å². The fourth-order valence-corrected chi connectivity index (χ4v) is 6.69. The maximum absolute atomic E-state index is 14.0. The first kappa shape index (κ1) is 36.3. The Kier molecular flexibility index (Phi) is 12.8. The summed E-state index contributed by atoms with van der Waals surface area (Å²) in [6, 6.07) is -4.98. The summed E-state index contributed by atoms with van der Waals surface area (Å²) in [5.41, 5.74) is 6.11. The summed E-state index contributed by atoms with van der Waals surface area (Å²) in [6.45, 7) is 12.5. The number of likely N-dealkylation sites (tertiary alicyclic amines) is 3. The first-order valence-electron chi connectivity index (χ1n) is 16.6. The highest BCUT2D eigenvalue weighted by atomic mass is 16.4. The summed E-state index contributed by atoms with van der Waals surface area (Å²) in [6.07, 6.45) is 3.75. The Labute approximate surface area is 267 Å². The van der Waals surface area contributed by atoms with Crippen LogP contribution < -0.4 is 16.4 Å². The summed E-state index contributed by atoms with van der Waals surface area (Å²) in [5.74, 6) is -2.98. The largest absolute Gasteiger partial charge is 0.480 e. The lowest BCUT2D eigenvalue weighted by molar-refractivity contribution is -0.150. The van der Waals surface area contributed by atoms with Crippen molar-refractivity contribution < 1.29 is 33.9 Å². The normalized spacial score (nSPS) is 23.9. The number of carboxylic acids is 1. The Morgan fingerprint density at radius 2 is 1.00 bits per heavy atom. The molecule has 0 aliphatic carbocycles. The van der Waals surface area contributed by atoms with E-state index in [1.165, 1.54) is 14.7 Å². The minimum atomic E-state index is -1.06. The van der Waals surface area contributed by atoms with Crippen molar-refractivity contribution in [2.45, 2.75) is 129 Å². The highest BCUT2D eigenvalue weighted by Gasteiger charge is 2.43. The van der Waals surface area contributed by atoms with Crippen molar-refractivity contribution in [1.82, 2.24) is 25.3 Å². The first-order chi connectivity index (χ1) is 21.1. The number of aliphatic carboxylic acids is 1. The molecule has 45 heavy (non-hydrogen) atoms. The van der Waals surface area contributed by atoms with Crippen LogP contribution >= 0.6 is 0 Å². The fraction of sp³-hybridized carbons (Fsp3) is 0.812. The van der Waals surface area contributed by atoms with Gasteiger partial charge in [-0.05, 0) is 69.1 Å². The van der Waals surface area contributed by atoms with E-state index in [0.717, 1.165) is 0 Å². The van der Waals surface area contributed by atoms with Crippen LogP contribution in [0, 0.1) is 17.8 Å². The second kappa shape index (κ2) is 15.9. The second-order valence-electron chi connectivity index (χ2n) is 14.1. The van der Waals surface area contributed by atoms with Gasteiger partial charge in [0.15, 0.2) is 0 Å². The third-order valence-corrected chi connectivity index (χ3v) is 9.14. The molecule has 13 nitrogen and oxygen atoms in total. The van der Waals surface area contributed by atoms with E-state index in [9.17, 15) is 33.9 Å². The number of carboxylic acid groups (broad SMARTS) is 1. The molecule has 0 unspecified atom stereocenters. The maximum atomic E-state index is 14.0. The summed E-state index contributed by atoms with van der Waals surface area (Å²) >= 11 is 0. The quantitative estimate of drug-likeness (QED) is 0.232. The molecule has 5 N–H and O–H groups in total. The van der Waals surface area contributed by atoms with Crippen molar-refractivity contribution in [3.05, 3.63) is 0 Å². The van der Waals surface area contributed by atoms with Crippen LogP contribution in [0.3, 0.4) is 0 Å². The van der Waals surface area contributed by atoms with Crippen LogP contribution in [0.25, 0.3) is 0 Å². The first-order valence-corrected chi connectivity index (χ1v) is 16.6. The van der Waals surface area contributed by atoms with Gasteiger partial charge in [-0.3, -0.25) is 24.0 Å². The predicted octanol–water partition coefficient (Wildman–Crippen LogP) is 1.09. The van der Waals surface area contributed by atoms with Crippen LogP contribution in [-0.4, -0.2) is 111 Å². The van der Waals surface area contributed by atoms with Crippen LogP contribution in [0.5, 0.6) is 0 Å². The monoisotopic (exact) mass is 634 g/mol. The number of amides is 5. The zero-order chi connectivity index (χ0) is 33.6. The molecule has 13 heteroatoms. The SMILES string of the molecule is CC(C)C[C@H](NC(=O)[C@@H]1CCCN1C(=O)[C@H](CC(C)C)NC(=O)[C@@H]1CCCN1C(=O)[C@@H](N)C(C)C)C(=O)N1CCC[C@H]1C(=O)O. The fourth-order valence-electron chi connectivity index (χ4n) is 6.69. The molecule has 3 aliphatic heterocycles. The Bertz CT molecular complexity index is 1110. The van der Waals surface area contributed by atoms with Crippen LogP contribution in [-0.2, 0) is 28.8 Å². The molecule has 0 radical (unpaired) electrons. The van der Waals surface area contributed by atoms with E-state index in [1.807, 2.05) is 41.5 Å². The molecule has 3 heterocycles. The molecule has 3 fully saturated rings. The smallest absolute Gasteiger partial charge is 0.326 e. The number of carbonyl (C=O) groups excluding carboxylic acids is 5. The molecule has 0 saturated carbocycles. The van der Waals surface area contributed by atoms with Gasteiger partial charge in [0.05, 0.1) is 6.04 Å². The summed E-state index contributed by atoms with van der Waals surface area (Å²) in [4.78, 5) is 83.7. The van der Waals surface area contributed by atoms with E-state index in [-0.39, 0.29) is 29.6 Å². The Balaban J connectivity index is 1.74. The lowest BCUT2D eigenvalue weighted by atomic mass is 10.00. The molecule has 0 aromatic rings. The van der Waals surface area contributed by atoms with Crippen molar-refractivity contribution in [1.29, 1.82) is 0 Å². The molecule has 254 valence electrons. The second-order valence-corrected chi connectivity index (χ2v) is 14.1. The van der Waals surface area contributed by atoms with E-state index in [4.69, 9.17) is 5.73 Å². The molecule has 0 bridgehead atoms. The molecular weight excluding hydrogens is 580 g/mol. The van der Waals surface area contributed by atoms with Crippen molar-refractivity contribution in [3.63, 3.8) is 0 Å². The van der Waals surface area contributed by atoms with Gasteiger partial charge >= 0.3 is 5.97 Å². The number of nitrogens with zero attached hydrogens (tertiary/aromatic N) is 3.